The summed E-state index contributed by atoms with van der Waals surface area (Å²) >= 11 is 2.19. The number of benzene rings is 1. The lowest BCUT2D eigenvalue weighted by molar-refractivity contribution is -0.137. The van der Waals surface area contributed by atoms with Crippen molar-refractivity contribution >= 4 is 40.2 Å². The largest absolute Gasteiger partial charge is 0.481 e. The Labute approximate surface area is 119 Å². The van der Waals surface area contributed by atoms with Crippen LogP contribution in [-0.2, 0) is 9.59 Å². The van der Waals surface area contributed by atoms with E-state index in [2.05, 4.69) is 27.9 Å². The number of aryl methyl sites for hydroxylation is 1. The smallest absolute Gasteiger partial charge is 0.303 e. The molecule has 98 valence electrons. The topological polar surface area (TPSA) is 92.4 Å². The Morgan fingerprint density at radius 3 is 2.72 bits per heavy atom. The highest BCUT2D eigenvalue weighted by atomic mass is 127. The second-order valence-electron chi connectivity index (χ2n) is 3.99. The Morgan fingerprint density at radius 1 is 1.50 bits per heavy atom. The number of nitrogens with one attached hydrogen (secondary N) is 1. The molecule has 0 saturated carbocycles. The number of amides is 1. The summed E-state index contributed by atoms with van der Waals surface area (Å²) in [6, 6.07) is 4.82. The van der Waals surface area contributed by atoms with E-state index in [-0.39, 0.29) is 18.7 Å². The molecule has 6 heteroatoms. The van der Waals surface area contributed by atoms with Crippen LogP contribution in [0.3, 0.4) is 0 Å². The third-order valence-corrected chi connectivity index (χ3v) is 3.12. The Kier molecular flexibility index (Phi) is 5.54. The van der Waals surface area contributed by atoms with E-state index in [1.54, 1.807) is 6.07 Å². The minimum Gasteiger partial charge on any atom is -0.481 e. The van der Waals surface area contributed by atoms with Gasteiger partial charge in [0.25, 0.3) is 0 Å². The second kappa shape index (κ2) is 6.69. The number of halogens is 1. The van der Waals surface area contributed by atoms with Crippen molar-refractivity contribution in [1.82, 2.24) is 0 Å². The lowest BCUT2D eigenvalue weighted by Gasteiger charge is -2.13. The number of carboxylic acids is 1. The van der Waals surface area contributed by atoms with Crippen LogP contribution in [0.15, 0.2) is 18.2 Å². The Bertz CT molecular complexity index is 463. The van der Waals surface area contributed by atoms with Gasteiger partial charge in [-0.05, 0) is 59.7 Å². The number of nitrogens with two attached hydrogens (primary N) is 1. The summed E-state index contributed by atoms with van der Waals surface area (Å²) in [6.07, 6.45) is 0.0187. The van der Waals surface area contributed by atoms with Crippen molar-refractivity contribution in [1.29, 1.82) is 0 Å². The van der Waals surface area contributed by atoms with Gasteiger partial charge in [0.15, 0.2) is 0 Å². The Morgan fingerprint density at radius 2 is 2.17 bits per heavy atom. The quantitative estimate of drug-likeness (QED) is 0.696. The molecule has 0 fully saturated rings. The molecule has 18 heavy (non-hydrogen) atoms. The van der Waals surface area contributed by atoms with Crippen molar-refractivity contribution in [2.24, 2.45) is 5.73 Å². The highest BCUT2D eigenvalue weighted by Crippen LogP contribution is 2.18. The monoisotopic (exact) mass is 362 g/mol. The van der Waals surface area contributed by atoms with Crippen LogP contribution in [0, 0.1) is 10.5 Å². The van der Waals surface area contributed by atoms with E-state index in [1.165, 1.54) is 0 Å². The fourth-order valence-electron chi connectivity index (χ4n) is 1.40. The third kappa shape index (κ3) is 4.61. The first-order valence-corrected chi connectivity index (χ1v) is 6.52. The van der Waals surface area contributed by atoms with Crippen LogP contribution in [-0.4, -0.2) is 23.0 Å². The maximum atomic E-state index is 11.7. The van der Waals surface area contributed by atoms with Crippen molar-refractivity contribution in [3.63, 3.8) is 0 Å². The van der Waals surface area contributed by atoms with Crippen molar-refractivity contribution in [3.05, 3.63) is 27.3 Å². The molecule has 0 saturated heterocycles. The first-order chi connectivity index (χ1) is 8.40. The molecule has 0 spiro atoms. The minimum atomic E-state index is -0.955. The molecule has 1 aromatic carbocycles. The van der Waals surface area contributed by atoms with Crippen molar-refractivity contribution in [3.8, 4) is 0 Å². The molecule has 1 unspecified atom stereocenters. The molecule has 0 bridgehead atoms. The summed E-state index contributed by atoms with van der Waals surface area (Å²) in [6.45, 7) is 1.89. The van der Waals surface area contributed by atoms with Crippen LogP contribution in [0.2, 0.25) is 0 Å². The van der Waals surface area contributed by atoms with E-state index >= 15 is 0 Å². The van der Waals surface area contributed by atoms with Crippen LogP contribution in [0.25, 0.3) is 0 Å². The summed E-state index contributed by atoms with van der Waals surface area (Å²) in [5.41, 5.74) is 7.26. The van der Waals surface area contributed by atoms with Crippen molar-refractivity contribution < 1.29 is 14.7 Å². The molecule has 0 aliphatic heterocycles. The van der Waals surface area contributed by atoms with Gasteiger partial charge in [0.1, 0.15) is 0 Å². The molecule has 0 radical (unpaired) electrons. The highest BCUT2D eigenvalue weighted by Gasteiger charge is 2.15. The average Bonchev–Trinajstić information content (AvgIpc) is 2.29. The molecule has 1 rings (SSSR count). The van der Waals surface area contributed by atoms with Crippen LogP contribution < -0.4 is 11.1 Å². The second-order valence-corrected chi connectivity index (χ2v) is 5.23. The number of anilines is 1. The standard InChI is InChI=1S/C12H15IN2O3/c1-7-6-8(13)2-4-10(7)15-12(18)9(14)3-5-11(16)17/h2,4,6,9H,3,5,14H2,1H3,(H,15,18)(H,16,17). The Balaban J connectivity index is 2.61. The molecule has 0 aromatic heterocycles. The normalized spacial score (nSPS) is 11.9. The van der Waals surface area contributed by atoms with Crippen molar-refractivity contribution in [2.75, 3.05) is 5.32 Å². The molecular formula is C12H15IN2O3. The number of rotatable bonds is 5. The molecule has 4 N–H and O–H groups in total. The summed E-state index contributed by atoms with van der Waals surface area (Å²) in [5, 5.41) is 11.2. The SMILES string of the molecule is Cc1cc(I)ccc1NC(=O)C(N)CCC(=O)O. The molecule has 1 aromatic rings. The minimum absolute atomic E-state index is 0.111. The van der Waals surface area contributed by atoms with Gasteiger partial charge in [0.05, 0.1) is 6.04 Å². The van der Waals surface area contributed by atoms with Crippen LogP contribution in [0.1, 0.15) is 18.4 Å². The lowest BCUT2D eigenvalue weighted by atomic mass is 10.1. The Hall–Kier alpha value is -1.15. The molecule has 0 heterocycles. The van der Waals surface area contributed by atoms with Gasteiger partial charge in [0, 0.05) is 15.7 Å². The molecule has 0 aliphatic carbocycles. The maximum absolute atomic E-state index is 11.7. The zero-order valence-corrected chi connectivity index (χ0v) is 12.1. The maximum Gasteiger partial charge on any atom is 0.303 e. The molecule has 0 aliphatic rings. The average molecular weight is 362 g/mol. The molecule has 1 amide bonds. The van der Waals surface area contributed by atoms with Gasteiger partial charge in [-0.15, -0.1) is 0 Å². The van der Waals surface area contributed by atoms with Crippen molar-refractivity contribution in [2.45, 2.75) is 25.8 Å². The number of aliphatic carboxylic acids is 1. The molecular weight excluding hydrogens is 347 g/mol. The number of carbonyl (C=O) groups excluding carboxylic acids is 1. The third-order valence-electron chi connectivity index (χ3n) is 2.45. The summed E-state index contributed by atoms with van der Waals surface area (Å²) < 4.78 is 1.08. The highest BCUT2D eigenvalue weighted by molar-refractivity contribution is 14.1. The van der Waals surface area contributed by atoms with Gasteiger partial charge < -0.3 is 16.2 Å². The first kappa shape index (κ1) is 14.9. The first-order valence-electron chi connectivity index (χ1n) is 5.44. The number of hydrogen-bond acceptors (Lipinski definition) is 3. The van der Waals surface area contributed by atoms with Gasteiger partial charge in [-0.1, -0.05) is 0 Å². The molecule has 5 nitrogen and oxygen atoms in total. The van der Waals surface area contributed by atoms with E-state index in [0.29, 0.717) is 5.69 Å². The van der Waals surface area contributed by atoms with Crippen LogP contribution in [0.4, 0.5) is 5.69 Å². The number of hydrogen-bond donors (Lipinski definition) is 3. The number of carboxylic acid groups (broad SMARTS) is 1. The van der Waals surface area contributed by atoms with E-state index < -0.39 is 12.0 Å². The zero-order valence-electron chi connectivity index (χ0n) is 9.94. The zero-order chi connectivity index (χ0) is 13.7. The van der Waals surface area contributed by atoms with Gasteiger partial charge >= 0.3 is 5.97 Å². The summed E-state index contributed by atoms with van der Waals surface area (Å²) in [4.78, 5) is 22.1. The van der Waals surface area contributed by atoms with Crippen LogP contribution >= 0.6 is 22.6 Å². The van der Waals surface area contributed by atoms with E-state index in [9.17, 15) is 9.59 Å². The van der Waals surface area contributed by atoms with E-state index in [0.717, 1.165) is 9.13 Å². The fourth-order valence-corrected chi connectivity index (χ4v) is 2.05. The predicted molar refractivity (Wildman–Crippen MR) is 77.4 cm³/mol. The van der Waals surface area contributed by atoms with Gasteiger partial charge in [-0.2, -0.15) is 0 Å². The van der Waals surface area contributed by atoms with E-state index in [4.69, 9.17) is 10.8 Å². The lowest BCUT2D eigenvalue weighted by Crippen LogP contribution is -2.36. The molecule has 1 atom stereocenters. The van der Waals surface area contributed by atoms with Crippen LogP contribution in [0.5, 0.6) is 0 Å². The van der Waals surface area contributed by atoms with E-state index in [1.807, 2.05) is 19.1 Å². The predicted octanol–water partition coefficient (Wildman–Crippen LogP) is 1.73. The van der Waals surface area contributed by atoms with Gasteiger partial charge in [-0.3, -0.25) is 9.59 Å². The van der Waals surface area contributed by atoms with Gasteiger partial charge in [0.2, 0.25) is 5.91 Å². The summed E-state index contributed by atoms with van der Waals surface area (Å²) in [7, 11) is 0. The number of carbonyl (C=O) groups is 2. The van der Waals surface area contributed by atoms with Gasteiger partial charge in [-0.25, -0.2) is 0 Å². The summed E-state index contributed by atoms with van der Waals surface area (Å²) in [5.74, 6) is -1.32. The fraction of sp³-hybridized carbons (Fsp3) is 0.333.